The Morgan fingerprint density at radius 3 is 2.04 bits per heavy atom. The lowest BCUT2D eigenvalue weighted by Crippen LogP contribution is -2.38. The number of benzene rings is 2. The predicted octanol–water partition coefficient (Wildman–Crippen LogP) is 6.35. The molecule has 2 rings (SSSR count). The fraction of sp³-hybridized carbons (Fsp3) is 0.478. The molecule has 0 aromatic heterocycles. The van der Waals surface area contributed by atoms with Crippen LogP contribution in [0.1, 0.15) is 56.7 Å². The fourth-order valence-corrected chi connectivity index (χ4v) is 3.76. The maximum atomic E-state index is 13.3. The second-order valence-corrected chi connectivity index (χ2v) is 7.63. The quantitative estimate of drug-likeness (QED) is 0.518. The van der Waals surface area contributed by atoms with Crippen LogP contribution in [0.25, 0.3) is 0 Å². The average Bonchev–Trinajstić information content (AvgIpc) is 2.64. The Bertz CT molecular complexity index is 733. The molecule has 0 saturated heterocycles. The molecular formula is C23H30F3NO. The van der Waals surface area contributed by atoms with Gasteiger partial charge in [-0.25, -0.2) is 0 Å². The van der Waals surface area contributed by atoms with Crippen LogP contribution >= 0.6 is 0 Å². The Labute approximate surface area is 166 Å². The monoisotopic (exact) mass is 393 g/mol. The summed E-state index contributed by atoms with van der Waals surface area (Å²) in [5, 5.41) is 0. The molecule has 5 heteroatoms. The van der Waals surface area contributed by atoms with E-state index in [4.69, 9.17) is 4.74 Å². The number of nitrogens with zero attached hydrogens (tertiary/aromatic N) is 1. The van der Waals surface area contributed by atoms with Gasteiger partial charge < -0.3 is 4.74 Å². The molecule has 0 bridgehead atoms. The summed E-state index contributed by atoms with van der Waals surface area (Å²) in [5.41, 5.74) is 0.928. The zero-order valence-corrected chi connectivity index (χ0v) is 17.3. The number of alkyl halides is 3. The van der Waals surface area contributed by atoms with E-state index in [1.165, 1.54) is 19.2 Å². The van der Waals surface area contributed by atoms with Gasteiger partial charge in [0.25, 0.3) is 0 Å². The number of ether oxygens (including phenoxy) is 1. The van der Waals surface area contributed by atoms with Crippen LogP contribution < -0.4 is 4.74 Å². The van der Waals surface area contributed by atoms with Crippen molar-refractivity contribution < 1.29 is 17.9 Å². The molecular weight excluding hydrogens is 363 g/mol. The highest BCUT2D eigenvalue weighted by atomic mass is 19.4. The standard InChI is InChI=1S/C23H30F3NO/c1-16(2)27(17(3)4)14-13-20(18-9-7-6-8-10-18)21-15-19(23(24,25)26)11-12-22(21)28-5/h6-12,15-17,20H,13-14H2,1-5H3. The van der Waals surface area contributed by atoms with E-state index < -0.39 is 11.7 Å². The summed E-state index contributed by atoms with van der Waals surface area (Å²) in [6.07, 6.45) is -3.68. The highest BCUT2D eigenvalue weighted by molar-refractivity contribution is 5.45. The second kappa shape index (κ2) is 9.46. The normalized spacial score (nSPS) is 13.4. The predicted molar refractivity (Wildman–Crippen MR) is 108 cm³/mol. The van der Waals surface area contributed by atoms with E-state index in [2.05, 4.69) is 32.6 Å². The van der Waals surface area contributed by atoms with Crippen LogP contribution in [0.4, 0.5) is 13.2 Å². The lowest BCUT2D eigenvalue weighted by atomic mass is 9.86. The summed E-state index contributed by atoms with van der Waals surface area (Å²) in [5.74, 6) is 0.306. The van der Waals surface area contributed by atoms with Gasteiger partial charge in [-0.1, -0.05) is 30.3 Å². The van der Waals surface area contributed by atoms with Crippen molar-refractivity contribution in [2.45, 2.75) is 58.3 Å². The smallest absolute Gasteiger partial charge is 0.416 e. The number of hydrogen-bond acceptors (Lipinski definition) is 2. The van der Waals surface area contributed by atoms with Gasteiger partial charge in [0.2, 0.25) is 0 Å². The Kier molecular flexibility index (Phi) is 7.53. The third-order valence-corrected chi connectivity index (χ3v) is 5.14. The largest absolute Gasteiger partial charge is 0.496 e. The van der Waals surface area contributed by atoms with Crippen LogP contribution in [0.3, 0.4) is 0 Å². The van der Waals surface area contributed by atoms with E-state index in [-0.39, 0.29) is 5.92 Å². The summed E-state index contributed by atoms with van der Waals surface area (Å²) in [7, 11) is 1.50. The first kappa shape index (κ1) is 22.3. The summed E-state index contributed by atoms with van der Waals surface area (Å²) in [6.45, 7) is 9.35. The fourth-order valence-electron chi connectivity index (χ4n) is 3.76. The number of halogens is 3. The van der Waals surface area contributed by atoms with Gasteiger partial charge in [-0.05, 0) is 64.4 Å². The first-order chi connectivity index (χ1) is 13.1. The molecule has 0 aliphatic carbocycles. The van der Waals surface area contributed by atoms with Crippen molar-refractivity contribution in [2.75, 3.05) is 13.7 Å². The maximum Gasteiger partial charge on any atom is 0.416 e. The van der Waals surface area contributed by atoms with E-state index in [0.717, 1.165) is 18.2 Å². The van der Waals surface area contributed by atoms with Gasteiger partial charge >= 0.3 is 6.18 Å². The third kappa shape index (κ3) is 5.51. The molecule has 2 nitrogen and oxygen atoms in total. The summed E-state index contributed by atoms with van der Waals surface area (Å²) >= 11 is 0. The van der Waals surface area contributed by atoms with Crippen molar-refractivity contribution >= 4 is 0 Å². The van der Waals surface area contributed by atoms with Crippen LogP contribution in [0.5, 0.6) is 5.75 Å². The van der Waals surface area contributed by atoms with Crippen LogP contribution in [-0.4, -0.2) is 30.6 Å². The molecule has 0 spiro atoms. The highest BCUT2D eigenvalue weighted by Gasteiger charge is 2.32. The summed E-state index contributed by atoms with van der Waals surface area (Å²) in [6, 6.07) is 14.2. The Balaban J connectivity index is 2.48. The SMILES string of the molecule is COc1ccc(C(F)(F)F)cc1C(CCN(C(C)C)C(C)C)c1ccccc1. The van der Waals surface area contributed by atoms with Crippen molar-refractivity contribution in [3.63, 3.8) is 0 Å². The molecule has 0 saturated carbocycles. The molecule has 0 aliphatic rings. The van der Waals surface area contributed by atoms with Gasteiger partial charge in [-0.15, -0.1) is 0 Å². The van der Waals surface area contributed by atoms with Gasteiger partial charge in [0.15, 0.2) is 0 Å². The first-order valence-electron chi connectivity index (χ1n) is 9.71. The van der Waals surface area contributed by atoms with Crippen molar-refractivity contribution in [3.8, 4) is 5.75 Å². The van der Waals surface area contributed by atoms with Crippen molar-refractivity contribution in [1.29, 1.82) is 0 Å². The molecule has 1 unspecified atom stereocenters. The molecule has 0 fully saturated rings. The number of rotatable bonds is 8. The lowest BCUT2D eigenvalue weighted by molar-refractivity contribution is -0.137. The Morgan fingerprint density at radius 1 is 0.929 bits per heavy atom. The van der Waals surface area contributed by atoms with Gasteiger partial charge in [0.05, 0.1) is 12.7 Å². The first-order valence-corrected chi connectivity index (χ1v) is 9.71. The van der Waals surface area contributed by atoms with Gasteiger partial charge in [0.1, 0.15) is 5.75 Å². The molecule has 0 aliphatic heterocycles. The Morgan fingerprint density at radius 2 is 1.54 bits per heavy atom. The van der Waals surface area contributed by atoms with Crippen LogP contribution in [0.2, 0.25) is 0 Å². The van der Waals surface area contributed by atoms with Crippen molar-refractivity contribution in [1.82, 2.24) is 4.90 Å². The minimum Gasteiger partial charge on any atom is -0.496 e. The number of hydrogen-bond donors (Lipinski definition) is 0. The van der Waals surface area contributed by atoms with E-state index >= 15 is 0 Å². The summed E-state index contributed by atoms with van der Waals surface area (Å²) < 4.78 is 45.5. The molecule has 28 heavy (non-hydrogen) atoms. The van der Waals surface area contributed by atoms with Crippen LogP contribution in [0.15, 0.2) is 48.5 Å². The average molecular weight is 393 g/mol. The zero-order chi connectivity index (χ0) is 20.9. The van der Waals surface area contributed by atoms with Crippen molar-refractivity contribution in [3.05, 3.63) is 65.2 Å². The minimum atomic E-state index is -4.38. The van der Waals surface area contributed by atoms with Crippen LogP contribution in [0, 0.1) is 0 Å². The molecule has 2 aromatic carbocycles. The van der Waals surface area contributed by atoms with E-state index in [9.17, 15) is 13.2 Å². The van der Waals surface area contributed by atoms with E-state index in [1.807, 2.05) is 30.3 Å². The van der Waals surface area contributed by atoms with Crippen LogP contribution in [-0.2, 0) is 6.18 Å². The maximum absolute atomic E-state index is 13.3. The molecule has 0 amide bonds. The molecule has 0 heterocycles. The highest BCUT2D eigenvalue weighted by Crippen LogP contribution is 2.39. The number of methoxy groups -OCH3 is 1. The van der Waals surface area contributed by atoms with Gasteiger partial charge in [0, 0.05) is 23.6 Å². The lowest BCUT2D eigenvalue weighted by Gasteiger charge is -2.32. The minimum absolute atomic E-state index is 0.182. The van der Waals surface area contributed by atoms with Gasteiger partial charge in [-0.2, -0.15) is 13.2 Å². The molecule has 1 atom stereocenters. The molecule has 154 valence electrons. The second-order valence-electron chi connectivity index (χ2n) is 7.63. The Hall–Kier alpha value is -2.01. The van der Waals surface area contributed by atoms with E-state index in [1.54, 1.807) is 0 Å². The topological polar surface area (TPSA) is 12.5 Å². The van der Waals surface area contributed by atoms with E-state index in [0.29, 0.717) is 29.8 Å². The molecule has 2 aromatic rings. The third-order valence-electron chi connectivity index (χ3n) is 5.14. The molecule has 0 N–H and O–H groups in total. The van der Waals surface area contributed by atoms with Crippen molar-refractivity contribution in [2.24, 2.45) is 0 Å². The summed E-state index contributed by atoms with van der Waals surface area (Å²) in [4.78, 5) is 2.36. The zero-order valence-electron chi connectivity index (χ0n) is 17.3. The molecule has 0 radical (unpaired) electrons. The van der Waals surface area contributed by atoms with Gasteiger partial charge in [-0.3, -0.25) is 4.90 Å².